The van der Waals surface area contributed by atoms with Crippen LogP contribution >= 0.6 is 0 Å². The normalized spacial score (nSPS) is 16.2. The van der Waals surface area contributed by atoms with Gasteiger partial charge in [0.1, 0.15) is 5.75 Å². The van der Waals surface area contributed by atoms with Crippen molar-refractivity contribution in [1.29, 1.82) is 0 Å². The molecule has 1 fully saturated rings. The molecule has 1 saturated heterocycles. The summed E-state index contributed by atoms with van der Waals surface area (Å²) in [5.41, 5.74) is 1.79. The van der Waals surface area contributed by atoms with Crippen molar-refractivity contribution in [2.24, 2.45) is 0 Å². The SMILES string of the molecule is O=C(CS(=O)(=O)C=Cc1ccccc1)N1CCCN(Cc2ccccn2)CC1. The summed E-state index contributed by atoms with van der Waals surface area (Å²) < 4.78 is 24.6. The molecule has 0 bridgehead atoms. The maximum atomic E-state index is 12.5. The van der Waals surface area contributed by atoms with Crippen LogP contribution in [0.3, 0.4) is 0 Å². The molecular formula is C21H25N3O3S. The standard InChI is InChI=1S/C21H25N3O3S/c25-21(18-28(26,27)16-10-19-7-2-1-3-8-19)24-13-6-12-23(14-15-24)17-20-9-4-5-11-22-20/h1-5,7-11,16H,6,12-15,17-18H2. The van der Waals surface area contributed by atoms with E-state index in [1.807, 2.05) is 48.5 Å². The number of nitrogens with zero attached hydrogens (tertiary/aromatic N) is 3. The first kappa shape index (κ1) is 20.2. The molecule has 0 radical (unpaired) electrons. The fourth-order valence-corrected chi connectivity index (χ4v) is 4.14. The van der Waals surface area contributed by atoms with Crippen LogP contribution in [0.5, 0.6) is 0 Å². The van der Waals surface area contributed by atoms with E-state index in [4.69, 9.17) is 0 Å². The Morgan fingerprint density at radius 3 is 2.54 bits per heavy atom. The van der Waals surface area contributed by atoms with Crippen LogP contribution in [0.2, 0.25) is 0 Å². The zero-order chi connectivity index (χ0) is 19.8. The molecule has 0 unspecified atom stereocenters. The van der Waals surface area contributed by atoms with Crippen LogP contribution < -0.4 is 0 Å². The van der Waals surface area contributed by atoms with Crippen molar-refractivity contribution in [1.82, 2.24) is 14.8 Å². The van der Waals surface area contributed by atoms with Gasteiger partial charge in [0.2, 0.25) is 5.91 Å². The first-order valence-electron chi connectivity index (χ1n) is 9.38. The minimum Gasteiger partial charge on any atom is -0.340 e. The second-order valence-corrected chi connectivity index (χ2v) is 8.74. The highest BCUT2D eigenvalue weighted by Crippen LogP contribution is 2.10. The molecule has 1 aromatic carbocycles. The van der Waals surface area contributed by atoms with Crippen LogP contribution in [-0.2, 0) is 21.2 Å². The fourth-order valence-electron chi connectivity index (χ4n) is 3.16. The van der Waals surface area contributed by atoms with Crippen LogP contribution in [0.15, 0.2) is 60.1 Å². The number of aromatic nitrogens is 1. The second-order valence-electron chi connectivity index (χ2n) is 6.85. The highest BCUT2D eigenvalue weighted by atomic mass is 32.2. The van der Waals surface area contributed by atoms with Gasteiger partial charge < -0.3 is 4.90 Å². The molecule has 2 heterocycles. The largest absolute Gasteiger partial charge is 0.340 e. The van der Waals surface area contributed by atoms with Crippen molar-refractivity contribution >= 4 is 21.8 Å². The van der Waals surface area contributed by atoms with E-state index in [2.05, 4.69) is 9.88 Å². The molecule has 6 nitrogen and oxygen atoms in total. The van der Waals surface area contributed by atoms with Gasteiger partial charge >= 0.3 is 0 Å². The van der Waals surface area contributed by atoms with Gasteiger partial charge in [0.15, 0.2) is 9.84 Å². The lowest BCUT2D eigenvalue weighted by molar-refractivity contribution is -0.128. The topological polar surface area (TPSA) is 70.6 Å². The lowest BCUT2D eigenvalue weighted by Crippen LogP contribution is -2.38. The summed E-state index contributed by atoms with van der Waals surface area (Å²) in [5.74, 6) is -0.825. The van der Waals surface area contributed by atoms with Crippen molar-refractivity contribution in [3.8, 4) is 0 Å². The van der Waals surface area contributed by atoms with E-state index in [9.17, 15) is 13.2 Å². The monoisotopic (exact) mass is 399 g/mol. The van der Waals surface area contributed by atoms with E-state index in [1.165, 1.54) is 6.08 Å². The van der Waals surface area contributed by atoms with Gasteiger partial charge in [-0.3, -0.25) is 14.7 Å². The summed E-state index contributed by atoms with van der Waals surface area (Å²) in [6.07, 6.45) is 4.12. The summed E-state index contributed by atoms with van der Waals surface area (Å²) >= 11 is 0. The lowest BCUT2D eigenvalue weighted by Gasteiger charge is -2.21. The number of benzene rings is 1. The summed E-state index contributed by atoms with van der Waals surface area (Å²) in [6, 6.07) is 15.0. The third kappa shape index (κ3) is 6.28. The number of pyridine rings is 1. The molecule has 1 aromatic heterocycles. The zero-order valence-corrected chi connectivity index (χ0v) is 16.6. The number of rotatable bonds is 6. The highest BCUT2D eigenvalue weighted by molar-refractivity contribution is 7.95. The summed E-state index contributed by atoms with van der Waals surface area (Å²) in [4.78, 5) is 20.8. The molecule has 3 rings (SSSR count). The predicted molar refractivity (Wildman–Crippen MR) is 110 cm³/mol. The molecule has 0 N–H and O–H groups in total. The van der Waals surface area contributed by atoms with Gasteiger partial charge in [0, 0.05) is 44.3 Å². The number of hydrogen-bond acceptors (Lipinski definition) is 5. The average molecular weight is 400 g/mol. The number of hydrogen-bond donors (Lipinski definition) is 0. The quantitative estimate of drug-likeness (QED) is 0.745. The summed E-state index contributed by atoms with van der Waals surface area (Å²) in [6.45, 7) is 3.42. The molecule has 1 aliphatic rings. The first-order valence-corrected chi connectivity index (χ1v) is 11.1. The van der Waals surface area contributed by atoms with E-state index < -0.39 is 15.6 Å². The van der Waals surface area contributed by atoms with Crippen molar-refractivity contribution in [3.05, 3.63) is 71.4 Å². The van der Waals surface area contributed by atoms with Gasteiger partial charge in [-0.05, 0) is 30.2 Å². The minimum absolute atomic E-state index is 0.336. The first-order chi connectivity index (χ1) is 13.5. The van der Waals surface area contributed by atoms with Crippen molar-refractivity contribution < 1.29 is 13.2 Å². The fraction of sp³-hybridized carbons (Fsp3) is 0.333. The van der Waals surface area contributed by atoms with Crippen molar-refractivity contribution in [3.63, 3.8) is 0 Å². The van der Waals surface area contributed by atoms with E-state index in [0.717, 1.165) is 36.2 Å². The Morgan fingerprint density at radius 1 is 1.00 bits per heavy atom. The molecule has 28 heavy (non-hydrogen) atoms. The Balaban J connectivity index is 1.53. The average Bonchev–Trinajstić information content (AvgIpc) is 2.93. The Hall–Kier alpha value is -2.51. The molecule has 1 amide bonds. The van der Waals surface area contributed by atoms with Crippen LogP contribution in [0.4, 0.5) is 0 Å². The molecule has 148 valence electrons. The van der Waals surface area contributed by atoms with Crippen LogP contribution in [0.1, 0.15) is 17.7 Å². The highest BCUT2D eigenvalue weighted by Gasteiger charge is 2.23. The van der Waals surface area contributed by atoms with Gasteiger partial charge in [0.25, 0.3) is 0 Å². The lowest BCUT2D eigenvalue weighted by atomic mass is 10.2. The molecule has 0 saturated carbocycles. The summed E-state index contributed by atoms with van der Waals surface area (Å²) in [7, 11) is -3.60. The Bertz CT molecular complexity index is 899. The molecular weight excluding hydrogens is 374 g/mol. The third-order valence-electron chi connectivity index (χ3n) is 4.65. The number of sulfone groups is 1. The van der Waals surface area contributed by atoms with Gasteiger partial charge in [-0.1, -0.05) is 36.4 Å². The number of carbonyl (C=O) groups excluding carboxylic acids is 1. The predicted octanol–water partition coefficient (Wildman–Crippen LogP) is 2.20. The van der Waals surface area contributed by atoms with E-state index in [0.29, 0.717) is 19.6 Å². The Kier molecular flexibility index (Phi) is 6.95. The molecule has 0 spiro atoms. The molecule has 1 aliphatic heterocycles. The molecule has 0 aliphatic carbocycles. The summed E-state index contributed by atoms with van der Waals surface area (Å²) in [5, 5.41) is 1.13. The Morgan fingerprint density at radius 2 is 1.79 bits per heavy atom. The second kappa shape index (κ2) is 9.61. The third-order valence-corrected chi connectivity index (χ3v) is 5.85. The van der Waals surface area contributed by atoms with Crippen LogP contribution in [0.25, 0.3) is 6.08 Å². The van der Waals surface area contributed by atoms with Gasteiger partial charge in [0.05, 0.1) is 5.69 Å². The smallest absolute Gasteiger partial charge is 0.238 e. The van der Waals surface area contributed by atoms with Crippen LogP contribution in [0, 0.1) is 0 Å². The zero-order valence-electron chi connectivity index (χ0n) is 15.8. The molecule has 2 aromatic rings. The number of carbonyl (C=O) groups is 1. The van der Waals surface area contributed by atoms with Gasteiger partial charge in [-0.25, -0.2) is 8.42 Å². The molecule has 7 heteroatoms. The van der Waals surface area contributed by atoms with E-state index in [1.54, 1.807) is 11.1 Å². The van der Waals surface area contributed by atoms with E-state index in [-0.39, 0.29) is 5.91 Å². The van der Waals surface area contributed by atoms with Gasteiger partial charge in [-0.2, -0.15) is 0 Å². The Labute approximate surface area is 166 Å². The van der Waals surface area contributed by atoms with Gasteiger partial charge in [-0.15, -0.1) is 0 Å². The minimum atomic E-state index is -3.60. The maximum Gasteiger partial charge on any atom is 0.238 e. The van der Waals surface area contributed by atoms with Crippen LogP contribution in [-0.4, -0.2) is 61.0 Å². The van der Waals surface area contributed by atoms with Crippen molar-refractivity contribution in [2.45, 2.75) is 13.0 Å². The maximum absolute atomic E-state index is 12.5. The molecule has 0 atom stereocenters. The number of amides is 1. The van der Waals surface area contributed by atoms with Crippen molar-refractivity contribution in [2.75, 3.05) is 31.9 Å². The van der Waals surface area contributed by atoms with E-state index >= 15 is 0 Å².